The zero-order chi connectivity index (χ0) is 15.3. The molecule has 1 aliphatic heterocycles. The maximum atomic E-state index is 12.0. The average Bonchev–Trinajstić information content (AvgIpc) is 2.47. The topological polar surface area (TPSA) is 50.4 Å². The molecule has 1 amide bonds. The molecule has 2 N–H and O–H groups in total. The molecular weight excluding hydrogens is 264 g/mol. The number of nitrogens with one attached hydrogen (secondary N) is 2. The number of amides is 1. The normalized spacial score (nSPS) is 19.3. The largest absolute Gasteiger partial charge is 0.378 e. The number of rotatable bonds is 5. The predicted molar refractivity (Wildman–Crippen MR) is 84.4 cm³/mol. The molecular formula is C17H26N2O2. The number of carbonyl (C=O) groups is 1. The van der Waals surface area contributed by atoms with Crippen molar-refractivity contribution in [1.29, 1.82) is 0 Å². The van der Waals surface area contributed by atoms with E-state index in [1.807, 2.05) is 0 Å². The van der Waals surface area contributed by atoms with Crippen molar-refractivity contribution in [3.05, 3.63) is 35.4 Å². The number of hydrogen-bond donors (Lipinski definition) is 2. The van der Waals surface area contributed by atoms with Crippen molar-refractivity contribution < 1.29 is 9.53 Å². The number of morpholine rings is 1. The van der Waals surface area contributed by atoms with Crippen LogP contribution >= 0.6 is 0 Å². The molecule has 1 unspecified atom stereocenters. The van der Waals surface area contributed by atoms with Crippen LogP contribution in [0.15, 0.2) is 24.3 Å². The van der Waals surface area contributed by atoms with E-state index < -0.39 is 0 Å². The fraction of sp³-hybridized carbons (Fsp3) is 0.588. The van der Waals surface area contributed by atoms with Gasteiger partial charge in [0, 0.05) is 31.0 Å². The molecule has 1 saturated heterocycles. The summed E-state index contributed by atoms with van der Waals surface area (Å²) < 4.78 is 5.37. The minimum absolute atomic E-state index is 0.0696. The molecule has 4 nitrogen and oxygen atoms in total. The van der Waals surface area contributed by atoms with E-state index in [0.717, 1.165) is 13.2 Å². The molecule has 0 aliphatic carbocycles. The van der Waals surface area contributed by atoms with Gasteiger partial charge >= 0.3 is 0 Å². The van der Waals surface area contributed by atoms with Gasteiger partial charge in [-0.05, 0) is 12.5 Å². The van der Waals surface area contributed by atoms with Gasteiger partial charge in [-0.25, -0.2) is 0 Å². The van der Waals surface area contributed by atoms with E-state index in [9.17, 15) is 4.79 Å². The van der Waals surface area contributed by atoms with Crippen LogP contribution < -0.4 is 10.6 Å². The van der Waals surface area contributed by atoms with Gasteiger partial charge in [-0.15, -0.1) is 0 Å². The molecule has 1 aromatic rings. The maximum absolute atomic E-state index is 12.0. The molecule has 1 aromatic carbocycles. The Labute approximate surface area is 127 Å². The molecule has 21 heavy (non-hydrogen) atoms. The minimum Gasteiger partial charge on any atom is -0.378 e. The van der Waals surface area contributed by atoms with Crippen LogP contribution in [0.5, 0.6) is 0 Å². The van der Waals surface area contributed by atoms with Crippen LogP contribution in [0, 0.1) is 6.92 Å². The third kappa shape index (κ3) is 4.83. The summed E-state index contributed by atoms with van der Waals surface area (Å²) in [5.41, 5.74) is 2.43. The summed E-state index contributed by atoms with van der Waals surface area (Å²) in [5.74, 6) is 0.0817. The molecule has 1 atom stereocenters. The SMILES string of the molecule is Cc1ccc(C(C)(C)CNC(=O)CC2COCCN2)cc1. The van der Waals surface area contributed by atoms with E-state index in [0.29, 0.717) is 19.6 Å². The van der Waals surface area contributed by atoms with Gasteiger partial charge < -0.3 is 15.4 Å². The Hall–Kier alpha value is -1.39. The number of ether oxygens (including phenoxy) is 1. The summed E-state index contributed by atoms with van der Waals surface area (Å²) in [6, 6.07) is 8.64. The Morgan fingerprint density at radius 3 is 2.71 bits per heavy atom. The van der Waals surface area contributed by atoms with Gasteiger partial charge in [-0.2, -0.15) is 0 Å². The first kappa shape index (κ1) is 16.0. The maximum Gasteiger partial charge on any atom is 0.221 e. The lowest BCUT2D eigenvalue weighted by Gasteiger charge is -2.27. The van der Waals surface area contributed by atoms with E-state index in [1.54, 1.807) is 0 Å². The zero-order valence-corrected chi connectivity index (χ0v) is 13.2. The second-order valence-electron chi connectivity index (χ2n) is 6.46. The van der Waals surface area contributed by atoms with Gasteiger partial charge in [0.1, 0.15) is 0 Å². The molecule has 2 rings (SSSR count). The van der Waals surface area contributed by atoms with E-state index in [4.69, 9.17) is 4.74 Å². The highest BCUT2D eigenvalue weighted by Gasteiger charge is 2.22. The second kappa shape index (κ2) is 7.05. The summed E-state index contributed by atoms with van der Waals surface area (Å²) in [4.78, 5) is 12.0. The second-order valence-corrected chi connectivity index (χ2v) is 6.46. The van der Waals surface area contributed by atoms with Crippen molar-refractivity contribution in [2.45, 2.75) is 38.6 Å². The lowest BCUT2D eigenvalue weighted by molar-refractivity contribution is -0.122. The minimum atomic E-state index is -0.0696. The molecule has 116 valence electrons. The fourth-order valence-corrected chi connectivity index (χ4v) is 2.47. The van der Waals surface area contributed by atoms with Gasteiger partial charge in [-0.1, -0.05) is 43.7 Å². The number of benzene rings is 1. The van der Waals surface area contributed by atoms with Crippen LogP contribution in [0.4, 0.5) is 0 Å². The van der Waals surface area contributed by atoms with E-state index in [1.165, 1.54) is 11.1 Å². The summed E-state index contributed by atoms with van der Waals surface area (Å²) in [5, 5.41) is 6.35. The van der Waals surface area contributed by atoms with Gasteiger partial charge in [0.15, 0.2) is 0 Å². The molecule has 1 fully saturated rings. The highest BCUT2D eigenvalue weighted by atomic mass is 16.5. The molecule has 0 saturated carbocycles. The predicted octanol–water partition coefficient (Wildman–Crippen LogP) is 1.77. The van der Waals surface area contributed by atoms with Crippen molar-refractivity contribution in [2.24, 2.45) is 0 Å². The van der Waals surface area contributed by atoms with Crippen molar-refractivity contribution in [3.8, 4) is 0 Å². The monoisotopic (exact) mass is 290 g/mol. The molecule has 0 bridgehead atoms. The molecule has 0 radical (unpaired) electrons. The highest BCUT2D eigenvalue weighted by molar-refractivity contribution is 5.76. The summed E-state index contributed by atoms with van der Waals surface area (Å²) in [6.07, 6.45) is 0.476. The highest BCUT2D eigenvalue weighted by Crippen LogP contribution is 2.22. The van der Waals surface area contributed by atoms with Gasteiger partial charge in [0.2, 0.25) is 5.91 Å². The Bertz CT molecular complexity index is 462. The molecule has 0 aromatic heterocycles. The average molecular weight is 290 g/mol. The first-order chi connectivity index (χ1) is 9.97. The number of hydrogen-bond acceptors (Lipinski definition) is 3. The molecule has 1 heterocycles. The van der Waals surface area contributed by atoms with Crippen LogP contribution in [0.25, 0.3) is 0 Å². The molecule has 1 aliphatic rings. The third-order valence-electron chi connectivity index (χ3n) is 3.99. The summed E-state index contributed by atoms with van der Waals surface area (Å²) in [6.45, 7) is 9.21. The van der Waals surface area contributed by atoms with Gasteiger partial charge in [0.05, 0.1) is 13.2 Å². The van der Waals surface area contributed by atoms with Crippen LogP contribution in [-0.2, 0) is 14.9 Å². The van der Waals surface area contributed by atoms with E-state index >= 15 is 0 Å². The number of aryl methyl sites for hydroxylation is 1. The van der Waals surface area contributed by atoms with Gasteiger partial charge in [-0.3, -0.25) is 4.79 Å². The Morgan fingerprint density at radius 1 is 1.38 bits per heavy atom. The lowest BCUT2D eigenvalue weighted by atomic mass is 9.84. The Balaban J connectivity index is 1.82. The first-order valence-electron chi connectivity index (χ1n) is 7.62. The Kier molecular flexibility index (Phi) is 5.37. The van der Waals surface area contributed by atoms with Crippen molar-refractivity contribution in [3.63, 3.8) is 0 Å². The quantitative estimate of drug-likeness (QED) is 0.869. The van der Waals surface area contributed by atoms with Crippen molar-refractivity contribution >= 4 is 5.91 Å². The van der Waals surface area contributed by atoms with E-state index in [2.05, 4.69) is 55.7 Å². The van der Waals surface area contributed by atoms with Crippen molar-refractivity contribution in [1.82, 2.24) is 10.6 Å². The third-order valence-corrected chi connectivity index (χ3v) is 3.99. The first-order valence-corrected chi connectivity index (χ1v) is 7.62. The van der Waals surface area contributed by atoms with E-state index in [-0.39, 0.29) is 17.4 Å². The molecule has 4 heteroatoms. The fourth-order valence-electron chi connectivity index (χ4n) is 2.47. The standard InChI is InChI=1S/C17H26N2O2/c1-13-4-6-14(7-5-13)17(2,3)12-19-16(20)10-15-11-21-9-8-18-15/h4-7,15,18H,8-12H2,1-3H3,(H,19,20). The van der Waals surface area contributed by atoms with Crippen LogP contribution in [0.1, 0.15) is 31.4 Å². The summed E-state index contributed by atoms with van der Waals surface area (Å²) >= 11 is 0. The lowest BCUT2D eigenvalue weighted by Crippen LogP contribution is -2.45. The van der Waals surface area contributed by atoms with Crippen LogP contribution in [0.2, 0.25) is 0 Å². The van der Waals surface area contributed by atoms with Crippen molar-refractivity contribution in [2.75, 3.05) is 26.3 Å². The smallest absolute Gasteiger partial charge is 0.221 e. The van der Waals surface area contributed by atoms with Crippen LogP contribution in [-0.4, -0.2) is 38.3 Å². The molecule has 0 spiro atoms. The summed E-state index contributed by atoms with van der Waals surface area (Å²) in [7, 11) is 0. The van der Waals surface area contributed by atoms with Gasteiger partial charge in [0.25, 0.3) is 0 Å². The Morgan fingerprint density at radius 2 is 2.10 bits per heavy atom. The zero-order valence-electron chi connectivity index (χ0n) is 13.2. The number of carbonyl (C=O) groups excluding carboxylic acids is 1. The van der Waals surface area contributed by atoms with Crippen LogP contribution in [0.3, 0.4) is 0 Å².